The Morgan fingerprint density at radius 1 is 1.50 bits per heavy atom. The van der Waals surface area contributed by atoms with Crippen LogP contribution in [-0.2, 0) is 4.79 Å². The number of aliphatic hydroxyl groups excluding tert-OH is 1. The van der Waals surface area contributed by atoms with Crippen molar-refractivity contribution >= 4 is 40.9 Å². The molecule has 0 saturated carbocycles. The molecule has 1 aromatic carbocycles. The minimum atomic E-state index is -0.402. The van der Waals surface area contributed by atoms with Crippen LogP contribution in [0.25, 0.3) is 0 Å². The van der Waals surface area contributed by atoms with E-state index in [2.05, 4.69) is 5.32 Å². The van der Waals surface area contributed by atoms with Gasteiger partial charge < -0.3 is 10.4 Å². The van der Waals surface area contributed by atoms with E-state index in [0.717, 1.165) is 4.90 Å². The molecule has 0 spiro atoms. The van der Waals surface area contributed by atoms with Crippen molar-refractivity contribution in [2.75, 3.05) is 12.3 Å². The fourth-order valence-corrected chi connectivity index (χ4v) is 2.53. The minimum absolute atomic E-state index is 0.0864. The van der Waals surface area contributed by atoms with Gasteiger partial charge in [0.2, 0.25) is 5.91 Å². The Balaban J connectivity index is 2.36. The first-order chi connectivity index (χ1) is 8.49. The molecule has 0 aliphatic carbocycles. The van der Waals surface area contributed by atoms with Crippen molar-refractivity contribution in [3.05, 3.63) is 28.2 Å². The monoisotopic (exact) mass is 307 g/mol. The number of carbonyl (C=O) groups is 1. The zero-order chi connectivity index (χ0) is 13.5. The van der Waals surface area contributed by atoms with Gasteiger partial charge in [0.15, 0.2) is 0 Å². The summed E-state index contributed by atoms with van der Waals surface area (Å²) in [4.78, 5) is 12.3. The van der Waals surface area contributed by atoms with Gasteiger partial charge >= 0.3 is 0 Å². The number of rotatable bonds is 6. The van der Waals surface area contributed by atoms with Crippen molar-refractivity contribution < 1.29 is 9.90 Å². The second-order valence-corrected chi connectivity index (χ2v) is 5.71. The predicted octanol–water partition coefficient (Wildman–Crippen LogP) is 2.97. The molecule has 0 fully saturated rings. The predicted molar refractivity (Wildman–Crippen MR) is 76.5 cm³/mol. The van der Waals surface area contributed by atoms with Crippen LogP contribution < -0.4 is 5.32 Å². The lowest BCUT2D eigenvalue weighted by molar-refractivity contribution is -0.118. The van der Waals surface area contributed by atoms with E-state index in [-0.39, 0.29) is 11.7 Å². The van der Waals surface area contributed by atoms with Gasteiger partial charge in [-0.25, -0.2) is 0 Å². The summed E-state index contributed by atoms with van der Waals surface area (Å²) in [6, 6.07) is 5.14. The van der Waals surface area contributed by atoms with Crippen LogP contribution in [0.15, 0.2) is 23.1 Å². The molecule has 0 aromatic heterocycles. The van der Waals surface area contributed by atoms with E-state index < -0.39 is 6.10 Å². The Bertz CT molecular complexity index is 413. The summed E-state index contributed by atoms with van der Waals surface area (Å²) in [7, 11) is 0. The zero-order valence-corrected chi connectivity index (χ0v) is 12.3. The summed E-state index contributed by atoms with van der Waals surface area (Å²) in [6.07, 6.45) is 0.147. The maximum atomic E-state index is 11.5. The first-order valence-electron chi connectivity index (χ1n) is 5.51. The highest BCUT2D eigenvalue weighted by Crippen LogP contribution is 2.29. The van der Waals surface area contributed by atoms with Gasteiger partial charge in [-0.1, -0.05) is 23.2 Å². The summed E-state index contributed by atoms with van der Waals surface area (Å²) in [6.45, 7) is 2.16. The Morgan fingerprint density at radius 2 is 2.22 bits per heavy atom. The average molecular weight is 308 g/mol. The van der Waals surface area contributed by atoms with Crippen LogP contribution in [-0.4, -0.2) is 29.4 Å². The highest BCUT2D eigenvalue weighted by atomic mass is 35.5. The number of nitrogens with one attached hydrogen (secondary N) is 1. The molecule has 0 heterocycles. The van der Waals surface area contributed by atoms with Crippen LogP contribution in [0, 0.1) is 0 Å². The van der Waals surface area contributed by atoms with Gasteiger partial charge in [-0.15, -0.1) is 11.8 Å². The van der Waals surface area contributed by atoms with E-state index >= 15 is 0 Å². The lowest BCUT2D eigenvalue weighted by Gasteiger charge is -2.07. The Kier molecular flexibility index (Phi) is 6.86. The average Bonchev–Trinajstić information content (AvgIpc) is 2.30. The van der Waals surface area contributed by atoms with Crippen molar-refractivity contribution in [1.82, 2.24) is 5.32 Å². The lowest BCUT2D eigenvalue weighted by atomic mass is 10.3. The van der Waals surface area contributed by atoms with E-state index in [1.54, 1.807) is 25.1 Å². The molecule has 0 saturated heterocycles. The second kappa shape index (κ2) is 7.89. The SMILES string of the molecule is CC(O)CCNC(=O)CSc1cc(Cl)ccc1Cl. The molecule has 1 rings (SSSR count). The highest BCUT2D eigenvalue weighted by molar-refractivity contribution is 8.00. The summed E-state index contributed by atoms with van der Waals surface area (Å²) in [5.41, 5.74) is 0. The second-order valence-electron chi connectivity index (χ2n) is 3.85. The van der Waals surface area contributed by atoms with Crippen molar-refractivity contribution in [2.45, 2.75) is 24.3 Å². The van der Waals surface area contributed by atoms with Crippen LogP contribution in [0.4, 0.5) is 0 Å². The molecule has 1 unspecified atom stereocenters. The van der Waals surface area contributed by atoms with Crippen LogP contribution >= 0.6 is 35.0 Å². The van der Waals surface area contributed by atoms with Gasteiger partial charge in [0.05, 0.1) is 16.9 Å². The number of amides is 1. The maximum absolute atomic E-state index is 11.5. The van der Waals surface area contributed by atoms with Gasteiger partial charge in [0.1, 0.15) is 0 Å². The van der Waals surface area contributed by atoms with Crippen LogP contribution in [0.1, 0.15) is 13.3 Å². The fraction of sp³-hybridized carbons (Fsp3) is 0.417. The van der Waals surface area contributed by atoms with Gasteiger partial charge in [-0.05, 0) is 31.5 Å². The largest absolute Gasteiger partial charge is 0.393 e. The topological polar surface area (TPSA) is 49.3 Å². The van der Waals surface area contributed by atoms with Gasteiger partial charge in [0.25, 0.3) is 0 Å². The highest BCUT2D eigenvalue weighted by Gasteiger charge is 2.06. The maximum Gasteiger partial charge on any atom is 0.230 e. The van der Waals surface area contributed by atoms with E-state index in [0.29, 0.717) is 23.0 Å². The number of aliphatic hydroxyl groups is 1. The molecule has 2 N–H and O–H groups in total. The van der Waals surface area contributed by atoms with Crippen molar-refractivity contribution in [3.8, 4) is 0 Å². The van der Waals surface area contributed by atoms with Gasteiger partial charge in [-0.2, -0.15) is 0 Å². The van der Waals surface area contributed by atoms with Crippen molar-refractivity contribution in [1.29, 1.82) is 0 Å². The quantitative estimate of drug-likeness (QED) is 0.794. The Labute approximate surface area is 121 Å². The number of halogens is 2. The van der Waals surface area contributed by atoms with Gasteiger partial charge in [-0.3, -0.25) is 4.79 Å². The summed E-state index contributed by atoms with van der Waals surface area (Å²) < 4.78 is 0. The summed E-state index contributed by atoms with van der Waals surface area (Å²) in [5, 5.41) is 13.0. The first-order valence-corrected chi connectivity index (χ1v) is 7.26. The fourth-order valence-electron chi connectivity index (χ4n) is 1.20. The molecule has 0 bridgehead atoms. The Morgan fingerprint density at radius 3 is 2.89 bits per heavy atom. The molecule has 1 atom stereocenters. The number of carbonyl (C=O) groups excluding carboxylic acids is 1. The van der Waals surface area contributed by atoms with Crippen LogP contribution in [0.2, 0.25) is 10.0 Å². The van der Waals surface area contributed by atoms with E-state index in [9.17, 15) is 4.79 Å². The van der Waals surface area contributed by atoms with Crippen LogP contribution in [0.3, 0.4) is 0 Å². The van der Waals surface area contributed by atoms with Gasteiger partial charge in [0, 0.05) is 16.5 Å². The molecular weight excluding hydrogens is 293 g/mol. The smallest absolute Gasteiger partial charge is 0.230 e. The molecule has 1 amide bonds. The summed E-state index contributed by atoms with van der Waals surface area (Å²) >= 11 is 13.2. The lowest BCUT2D eigenvalue weighted by Crippen LogP contribution is -2.27. The number of thioether (sulfide) groups is 1. The molecule has 1 aromatic rings. The third-order valence-electron chi connectivity index (χ3n) is 2.14. The number of benzene rings is 1. The van der Waals surface area contributed by atoms with E-state index in [1.165, 1.54) is 11.8 Å². The molecule has 100 valence electrons. The standard InChI is InChI=1S/C12H15Cl2NO2S/c1-8(16)4-5-15-12(17)7-18-11-6-9(13)2-3-10(11)14/h2-3,6,8,16H,4-5,7H2,1H3,(H,15,17). The Hall–Kier alpha value is -0.420. The summed E-state index contributed by atoms with van der Waals surface area (Å²) in [5.74, 6) is 0.191. The third-order valence-corrected chi connectivity index (χ3v) is 3.87. The normalized spacial score (nSPS) is 12.2. The first kappa shape index (κ1) is 15.6. The minimum Gasteiger partial charge on any atom is -0.393 e. The molecular formula is C12H15Cl2NO2S. The van der Waals surface area contributed by atoms with Crippen molar-refractivity contribution in [3.63, 3.8) is 0 Å². The van der Waals surface area contributed by atoms with E-state index in [1.807, 2.05) is 0 Å². The number of hydrogen-bond acceptors (Lipinski definition) is 3. The molecule has 6 heteroatoms. The zero-order valence-electron chi connectivity index (χ0n) is 9.95. The molecule has 0 radical (unpaired) electrons. The molecule has 3 nitrogen and oxygen atoms in total. The number of hydrogen-bond donors (Lipinski definition) is 2. The van der Waals surface area contributed by atoms with E-state index in [4.69, 9.17) is 28.3 Å². The van der Waals surface area contributed by atoms with Crippen molar-refractivity contribution in [2.24, 2.45) is 0 Å². The molecule has 0 aliphatic rings. The molecule has 18 heavy (non-hydrogen) atoms. The third kappa shape index (κ3) is 5.96. The van der Waals surface area contributed by atoms with Crippen LogP contribution in [0.5, 0.6) is 0 Å². The molecule has 0 aliphatic heterocycles.